The maximum absolute atomic E-state index is 12.7. The SMILES string of the molecule is Cc1ccc(NC(=O)C[C@@H]2SC(=N[C@@H](c3ccc(C(C)C)cc3)c3c(O)[nH]c(=O)[nH]c3=O)NC2=O)cc1Cl. The number of amides is 2. The molecule has 1 saturated heterocycles. The van der Waals surface area contributed by atoms with Gasteiger partial charge in [-0.05, 0) is 41.7 Å². The first-order valence-corrected chi connectivity index (χ1v) is 13.0. The zero-order valence-corrected chi connectivity index (χ0v) is 22.4. The zero-order chi connectivity index (χ0) is 27.6. The third kappa shape index (κ3) is 6.17. The minimum absolute atomic E-state index is 0.126. The molecule has 1 aromatic heterocycles. The lowest BCUT2D eigenvalue weighted by molar-refractivity contribution is -0.122. The second-order valence-corrected chi connectivity index (χ2v) is 10.7. The number of anilines is 1. The molecule has 2 heterocycles. The van der Waals surface area contributed by atoms with Gasteiger partial charge in [0, 0.05) is 17.1 Å². The number of halogens is 1. The van der Waals surface area contributed by atoms with Crippen LogP contribution in [0.4, 0.5) is 5.69 Å². The van der Waals surface area contributed by atoms with Crippen molar-refractivity contribution in [2.24, 2.45) is 4.99 Å². The summed E-state index contributed by atoms with van der Waals surface area (Å²) in [6.45, 7) is 5.93. The molecule has 2 aromatic carbocycles. The van der Waals surface area contributed by atoms with Gasteiger partial charge in [-0.1, -0.05) is 67.5 Å². The van der Waals surface area contributed by atoms with Gasteiger partial charge < -0.3 is 15.7 Å². The quantitative estimate of drug-likeness (QED) is 0.300. The normalized spacial score (nSPS) is 17.0. The first kappa shape index (κ1) is 27.2. The molecule has 12 heteroatoms. The number of carbonyl (C=O) groups is 2. The van der Waals surface area contributed by atoms with Crippen molar-refractivity contribution in [2.75, 3.05) is 5.32 Å². The van der Waals surface area contributed by atoms with E-state index in [9.17, 15) is 24.3 Å². The molecule has 2 amide bonds. The molecule has 5 N–H and O–H groups in total. The van der Waals surface area contributed by atoms with Gasteiger partial charge in [-0.2, -0.15) is 0 Å². The van der Waals surface area contributed by atoms with Crippen molar-refractivity contribution < 1.29 is 14.7 Å². The summed E-state index contributed by atoms with van der Waals surface area (Å²) in [6.07, 6.45) is -0.126. The lowest BCUT2D eigenvalue weighted by atomic mass is 9.96. The van der Waals surface area contributed by atoms with Crippen LogP contribution in [-0.2, 0) is 9.59 Å². The summed E-state index contributed by atoms with van der Waals surface area (Å²) in [7, 11) is 0. The summed E-state index contributed by atoms with van der Waals surface area (Å²) in [5, 5.41) is 15.7. The monoisotopic (exact) mass is 555 g/mol. The molecule has 3 aromatic rings. The van der Waals surface area contributed by atoms with E-state index in [1.807, 2.05) is 32.9 Å². The molecule has 1 aliphatic rings. The number of amidine groups is 1. The number of carbonyl (C=O) groups excluding carboxylic acids is 2. The number of thioether (sulfide) groups is 1. The third-order valence-corrected chi connectivity index (χ3v) is 7.50. The van der Waals surface area contributed by atoms with Crippen LogP contribution in [0.3, 0.4) is 0 Å². The van der Waals surface area contributed by atoms with Crippen molar-refractivity contribution in [3.05, 3.63) is 90.6 Å². The van der Waals surface area contributed by atoms with Crippen molar-refractivity contribution in [2.45, 2.75) is 44.4 Å². The van der Waals surface area contributed by atoms with Crippen LogP contribution in [0.1, 0.15) is 54.5 Å². The number of aromatic nitrogens is 2. The van der Waals surface area contributed by atoms with Crippen LogP contribution in [0.5, 0.6) is 5.88 Å². The highest BCUT2D eigenvalue weighted by Crippen LogP contribution is 2.32. The summed E-state index contributed by atoms with van der Waals surface area (Å²) in [6, 6.07) is 11.4. The fourth-order valence-corrected chi connectivity index (χ4v) is 5.05. The number of aromatic hydroxyl groups is 1. The zero-order valence-electron chi connectivity index (χ0n) is 20.8. The molecule has 1 fully saturated rings. The van der Waals surface area contributed by atoms with Gasteiger partial charge in [0.25, 0.3) is 5.56 Å². The van der Waals surface area contributed by atoms with Gasteiger partial charge in [0.2, 0.25) is 17.7 Å². The molecule has 0 aliphatic carbocycles. The summed E-state index contributed by atoms with van der Waals surface area (Å²) in [4.78, 5) is 58.4. The second kappa shape index (κ2) is 11.3. The van der Waals surface area contributed by atoms with Crippen LogP contribution in [0.2, 0.25) is 5.02 Å². The van der Waals surface area contributed by atoms with E-state index in [1.54, 1.807) is 30.3 Å². The largest absolute Gasteiger partial charge is 0.494 e. The molecule has 198 valence electrons. The molecule has 0 spiro atoms. The van der Waals surface area contributed by atoms with Crippen molar-refractivity contribution >= 4 is 46.0 Å². The number of nitrogens with zero attached hydrogens (tertiary/aromatic N) is 1. The van der Waals surface area contributed by atoms with Crippen LogP contribution in [-0.4, -0.2) is 37.3 Å². The van der Waals surface area contributed by atoms with E-state index in [-0.39, 0.29) is 29.0 Å². The van der Waals surface area contributed by atoms with E-state index in [2.05, 4.69) is 25.6 Å². The fraction of sp³-hybridized carbons (Fsp3) is 0.269. The van der Waals surface area contributed by atoms with Gasteiger partial charge >= 0.3 is 5.69 Å². The molecule has 0 bridgehead atoms. The number of aliphatic imine (C=N–C) groups is 1. The summed E-state index contributed by atoms with van der Waals surface area (Å²) in [5.74, 6) is -1.15. The van der Waals surface area contributed by atoms with Gasteiger partial charge in [0.15, 0.2) is 5.17 Å². The Balaban J connectivity index is 1.59. The Kier molecular flexibility index (Phi) is 8.08. The highest BCUT2D eigenvalue weighted by Gasteiger charge is 2.34. The lowest BCUT2D eigenvalue weighted by Gasteiger charge is -2.15. The number of hydrogen-bond donors (Lipinski definition) is 5. The first-order valence-electron chi connectivity index (χ1n) is 11.8. The first-order chi connectivity index (χ1) is 18.0. The maximum Gasteiger partial charge on any atom is 0.328 e. The van der Waals surface area contributed by atoms with Gasteiger partial charge in [0.05, 0.1) is 0 Å². The Hall–Kier alpha value is -3.83. The average Bonchev–Trinajstić information content (AvgIpc) is 3.18. The van der Waals surface area contributed by atoms with Gasteiger partial charge in [-0.25, -0.2) is 9.79 Å². The van der Waals surface area contributed by atoms with Crippen LogP contribution >= 0.6 is 23.4 Å². The Bertz CT molecular complexity index is 1530. The molecule has 1 aliphatic heterocycles. The Morgan fingerprint density at radius 2 is 1.79 bits per heavy atom. The molecule has 38 heavy (non-hydrogen) atoms. The van der Waals surface area contributed by atoms with Crippen molar-refractivity contribution in [1.29, 1.82) is 0 Å². The molecular weight excluding hydrogens is 530 g/mol. The van der Waals surface area contributed by atoms with E-state index < -0.39 is 34.3 Å². The predicted octanol–water partition coefficient (Wildman–Crippen LogP) is 3.56. The Morgan fingerprint density at radius 1 is 1.11 bits per heavy atom. The Labute approximate surface area is 226 Å². The van der Waals surface area contributed by atoms with Crippen LogP contribution in [0.15, 0.2) is 57.0 Å². The summed E-state index contributed by atoms with van der Waals surface area (Å²) in [5.41, 5.74) is 1.16. The molecule has 10 nitrogen and oxygen atoms in total. The molecule has 0 unspecified atom stereocenters. The van der Waals surface area contributed by atoms with Gasteiger partial charge in [-0.3, -0.25) is 24.4 Å². The summed E-state index contributed by atoms with van der Waals surface area (Å²) < 4.78 is 0. The lowest BCUT2D eigenvalue weighted by Crippen LogP contribution is -2.29. The van der Waals surface area contributed by atoms with Crippen molar-refractivity contribution in [1.82, 2.24) is 15.3 Å². The number of aromatic amines is 2. The van der Waals surface area contributed by atoms with Crippen molar-refractivity contribution in [3.63, 3.8) is 0 Å². The average molecular weight is 556 g/mol. The van der Waals surface area contributed by atoms with E-state index in [0.717, 1.165) is 22.9 Å². The van der Waals surface area contributed by atoms with Gasteiger partial charge in [0.1, 0.15) is 16.9 Å². The fourth-order valence-electron chi connectivity index (χ4n) is 3.88. The minimum Gasteiger partial charge on any atom is -0.494 e. The number of rotatable bonds is 7. The molecular formula is C26H26ClN5O5S. The topological polar surface area (TPSA) is 157 Å². The van der Waals surface area contributed by atoms with E-state index in [4.69, 9.17) is 11.6 Å². The number of nitrogens with one attached hydrogen (secondary N) is 4. The van der Waals surface area contributed by atoms with E-state index in [1.165, 1.54) is 0 Å². The van der Waals surface area contributed by atoms with Crippen LogP contribution < -0.4 is 21.9 Å². The number of H-pyrrole nitrogens is 2. The number of aryl methyl sites for hydroxylation is 1. The molecule has 0 saturated carbocycles. The number of hydrogen-bond acceptors (Lipinski definition) is 7. The van der Waals surface area contributed by atoms with E-state index >= 15 is 0 Å². The highest BCUT2D eigenvalue weighted by atomic mass is 35.5. The third-order valence-electron chi connectivity index (χ3n) is 6.00. The molecule has 0 radical (unpaired) electrons. The second-order valence-electron chi connectivity index (χ2n) is 9.14. The molecule has 2 atom stereocenters. The highest BCUT2D eigenvalue weighted by molar-refractivity contribution is 8.15. The Morgan fingerprint density at radius 3 is 2.42 bits per heavy atom. The smallest absolute Gasteiger partial charge is 0.328 e. The van der Waals surface area contributed by atoms with E-state index in [0.29, 0.717) is 16.3 Å². The predicted molar refractivity (Wildman–Crippen MR) is 148 cm³/mol. The summed E-state index contributed by atoms with van der Waals surface area (Å²) >= 11 is 7.16. The van der Waals surface area contributed by atoms with Crippen LogP contribution in [0.25, 0.3) is 0 Å². The van der Waals surface area contributed by atoms with Gasteiger partial charge in [-0.15, -0.1) is 0 Å². The maximum atomic E-state index is 12.7. The van der Waals surface area contributed by atoms with Crippen molar-refractivity contribution in [3.8, 4) is 5.88 Å². The molecule has 4 rings (SSSR count). The minimum atomic E-state index is -1.04. The standard InChI is InChI=1S/C26H26ClN5O5S/c1-12(2)14-5-7-15(8-6-14)21(20-23(35)30-25(37)31-24(20)36)29-26-32-22(34)18(38-26)11-19(33)28-16-9-4-13(3)17(27)10-16/h4-10,12,18,21H,11H2,1-3H3,(H,28,33)(H,29,32,34)(H3,30,31,35,36,37)/t18-,21-/m0/s1. The number of benzene rings is 2. The van der Waals surface area contributed by atoms with Crippen LogP contribution in [0, 0.1) is 6.92 Å².